The number of hydrogen-bond donors (Lipinski definition) is 0. The third kappa shape index (κ3) is 5.98. The minimum absolute atomic E-state index is 0.198. The Balaban J connectivity index is 1.69. The lowest BCUT2D eigenvalue weighted by molar-refractivity contribution is -0.149. The molecule has 0 radical (unpaired) electrons. The zero-order valence-electron chi connectivity index (χ0n) is 19.0. The summed E-state index contributed by atoms with van der Waals surface area (Å²) in [5, 5.41) is 2.38. The van der Waals surface area contributed by atoms with Gasteiger partial charge in [0.1, 0.15) is 15.6 Å². The van der Waals surface area contributed by atoms with Crippen LogP contribution in [-0.2, 0) is 14.6 Å². The molecule has 0 bridgehead atoms. The highest BCUT2D eigenvalue weighted by Crippen LogP contribution is 2.31. The lowest BCUT2D eigenvalue weighted by Crippen LogP contribution is -2.37. The number of rotatable bonds is 7. The molecule has 0 aliphatic carbocycles. The highest BCUT2D eigenvalue weighted by atomic mass is 32.2. The SMILES string of the molecule is CCC(C)c1ccc2cc(OC(OCC3CCS(=O)(=O)CC3)C(C)(C)C)ccc2c1. The van der Waals surface area contributed by atoms with Gasteiger partial charge in [-0.1, -0.05) is 58.9 Å². The molecule has 30 heavy (non-hydrogen) atoms. The molecule has 1 heterocycles. The van der Waals surface area contributed by atoms with Crippen LogP contribution in [0.2, 0.25) is 0 Å². The molecule has 0 aromatic heterocycles. The molecule has 0 N–H and O–H groups in total. The average Bonchev–Trinajstić information content (AvgIpc) is 2.70. The van der Waals surface area contributed by atoms with Gasteiger partial charge in [0.25, 0.3) is 0 Å². The fraction of sp³-hybridized carbons (Fsp3) is 0.600. The molecule has 2 aromatic rings. The van der Waals surface area contributed by atoms with Gasteiger partial charge in [0.05, 0.1) is 18.1 Å². The van der Waals surface area contributed by atoms with Crippen LogP contribution in [0.3, 0.4) is 0 Å². The van der Waals surface area contributed by atoms with E-state index in [0.29, 0.717) is 25.4 Å². The predicted molar refractivity (Wildman–Crippen MR) is 124 cm³/mol. The summed E-state index contributed by atoms with van der Waals surface area (Å²) >= 11 is 0. The van der Waals surface area contributed by atoms with Gasteiger partial charge in [0.15, 0.2) is 0 Å². The van der Waals surface area contributed by atoms with Gasteiger partial charge >= 0.3 is 0 Å². The molecule has 1 aliphatic rings. The molecule has 1 aliphatic heterocycles. The van der Waals surface area contributed by atoms with E-state index in [1.165, 1.54) is 10.9 Å². The smallest absolute Gasteiger partial charge is 0.204 e. The van der Waals surface area contributed by atoms with Crippen LogP contribution in [0.4, 0.5) is 0 Å². The first-order valence-electron chi connectivity index (χ1n) is 11.1. The molecule has 2 unspecified atom stereocenters. The maximum absolute atomic E-state index is 11.7. The van der Waals surface area contributed by atoms with Crippen molar-refractivity contribution in [1.82, 2.24) is 0 Å². The largest absolute Gasteiger partial charge is 0.464 e. The Bertz CT molecular complexity index is 945. The summed E-state index contributed by atoms with van der Waals surface area (Å²) in [5.74, 6) is 2.16. The first kappa shape index (κ1) is 23.1. The Labute approximate surface area is 181 Å². The number of ether oxygens (including phenoxy) is 2. The van der Waals surface area contributed by atoms with Crippen LogP contribution in [-0.4, -0.2) is 32.8 Å². The summed E-state index contributed by atoms with van der Waals surface area (Å²) in [6.45, 7) is 11.3. The van der Waals surface area contributed by atoms with Crippen molar-refractivity contribution in [1.29, 1.82) is 0 Å². The molecule has 4 nitrogen and oxygen atoms in total. The van der Waals surface area contributed by atoms with Gasteiger partial charge in [-0.15, -0.1) is 0 Å². The summed E-state index contributed by atoms with van der Waals surface area (Å²) < 4.78 is 35.8. The number of sulfone groups is 1. The lowest BCUT2D eigenvalue weighted by Gasteiger charge is -2.33. The highest BCUT2D eigenvalue weighted by molar-refractivity contribution is 7.91. The Morgan fingerprint density at radius 3 is 2.30 bits per heavy atom. The zero-order valence-corrected chi connectivity index (χ0v) is 19.8. The van der Waals surface area contributed by atoms with E-state index in [-0.39, 0.29) is 22.8 Å². The van der Waals surface area contributed by atoms with E-state index in [9.17, 15) is 8.42 Å². The van der Waals surface area contributed by atoms with Crippen molar-refractivity contribution in [3.63, 3.8) is 0 Å². The van der Waals surface area contributed by atoms with Crippen LogP contribution in [0.15, 0.2) is 36.4 Å². The molecular weight excluding hydrogens is 396 g/mol. The van der Waals surface area contributed by atoms with Crippen LogP contribution >= 0.6 is 0 Å². The van der Waals surface area contributed by atoms with Gasteiger partial charge in [-0.2, -0.15) is 0 Å². The molecule has 1 fully saturated rings. The second kappa shape index (κ2) is 9.27. The third-order valence-electron chi connectivity index (χ3n) is 6.12. The number of hydrogen-bond acceptors (Lipinski definition) is 4. The van der Waals surface area contributed by atoms with Crippen molar-refractivity contribution >= 4 is 20.6 Å². The zero-order chi connectivity index (χ0) is 21.9. The van der Waals surface area contributed by atoms with E-state index in [4.69, 9.17) is 9.47 Å². The molecule has 1 saturated heterocycles. The maximum atomic E-state index is 11.7. The molecule has 166 valence electrons. The van der Waals surface area contributed by atoms with Gasteiger partial charge in [-0.25, -0.2) is 8.42 Å². The normalized spacial score (nSPS) is 19.5. The topological polar surface area (TPSA) is 52.6 Å². The molecule has 5 heteroatoms. The van der Waals surface area contributed by atoms with Crippen LogP contribution in [0.5, 0.6) is 5.75 Å². The van der Waals surface area contributed by atoms with Crippen molar-refractivity contribution in [3.8, 4) is 5.75 Å². The van der Waals surface area contributed by atoms with Gasteiger partial charge < -0.3 is 9.47 Å². The number of benzene rings is 2. The number of fused-ring (bicyclic) bond motifs is 1. The third-order valence-corrected chi connectivity index (χ3v) is 7.84. The van der Waals surface area contributed by atoms with Crippen LogP contribution in [0.1, 0.15) is 65.4 Å². The summed E-state index contributed by atoms with van der Waals surface area (Å²) in [6, 6.07) is 12.8. The van der Waals surface area contributed by atoms with Gasteiger partial charge in [0.2, 0.25) is 6.29 Å². The van der Waals surface area contributed by atoms with Crippen molar-refractivity contribution < 1.29 is 17.9 Å². The van der Waals surface area contributed by atoms with Crippen molar-refractivity contribution in [2.75, 3.05) is 18.1 Å². The Kier molecular flexibility index (Phi) is 7.13. The molecule has 0 spiro atoms. The summed E-state index contributed by atoms with van der Waals surface area (Å²) in [4.78, 5) is 0. The van der Waals surface area contributed by atoms with Crippen LogP contribution < -0.4 is 4.74 Å². The molecule has 0 saturated carbocycles. The summed E-state index contributed by atoms with van der Waals surface area (Å²) in [5.41, 5.74) is 1.17. The molecule has 3 rings (SSSR count). The van der Waals surface area contributed by atoms with E-state index >= 15 is 0 Å². The minimum atomic E-state index is -2.85. The standard InChI is InChI=1S/C25H36O4S/c1-6-18(2)20-7-8-22-16-23(10-9-21(22)15-20)29-24(25(3,4)5)28-17-19-11-13-30(26,27)14-12-19/h7-10,15-16,18-19,24H,6,11-14,17H2,1-5H3. The molecule has 0 amide bonds. The monoisotopic (exact) mass is 432 g/mol. The predicted octanol–water partition coefficient (Wildman–Crippen LogP) is 5.95. The van der Waals surface area contributed by atoms with Crippen molar-refractivity contribution in [3.05, 3.63) is 42.0 Å². The van der Waals surface area contributed by atoms with Gasteiger partial charge in [-0.05, 0) is 59.6 Å². The molecular formula is C25H36O4S. The molecule has 2 atom stereocenters. The average molecular weight is 433 g/mol. The Morgan fingerprint density at radius 2 is 1.67 bits per heavy atom. The summed E-state index contributed by atoms with van der Waals surface area (Å²) in [6.07, 6.45) is 2.08. The first-order valence-corrected chi connectivity index (χ1v) is 12.9. The van der Waals surface area contributed by atoms with Crippen LogP contribution in [0, 0.1) is 11.3 Å². The second-order valence-electron chi connectivity index (χ2n) is 9.82. The molecule has 2 aromatic carbocycles. The van der Waals surface area contributed by atoms with Gasteiger partial charge in [0, 0.05) is 5.41 Å². The second-order valence-corrected chi connectivity index (χ2v) is 12.1. The highest BCUT2D eigenvalue weighted by Gasteiger charge is 2.30. The van der Waals surface area contributed by atoms with E-state index in [2.05, 4.69) is 65.0 Å². The van der Waals surface area contributed by atoms with E-state index < -0.39 is 16.1 Å². The quantitative estimate of drug-likeness (QED) is 0.508. The van der Waals surface area contributed by atoms with E-state index in [0.717, 1.165) is 17.6 Å². The fourth-order valence-electron chi connectivity index (χ4n) is 3.77. The minimum Gasteiger partial charge on any atom is -0.464 e. The fourth-order valence-corrected chi connectivity index (χ4v) is 5.36. The first-order chi connectivity index (χ1) is 14.1. The van der Waals surface area contributed by atoms with Gasteiger partial charge in [-0.3, -0.25) is 0 Å². The van der Waals surface area contributed by atoms with Crippen molar-refractivity contribution in [2.45, 2.75) is 66.1 Å². The Hall–Kier alpha value is -1.59. The van der Waals surface area contributed by atoms with E-state index in [1.807, 2.05) is 6.07 Å². The van der Waals surface area contributed by atoms with Crippen LogP contribution in [0.25, 0.3) is 10.8 Å². The Morgan fingerprint density at radius 1 is 1.03 bits per heavy atom. The summed E-state index contributed by atoms with van der Waals surface area (Å²) in [7, 11) is -2.85. The van der Waals surface area contributed by atoms with E-state index in [1.54, 1.807) is 0 Å². The lowest BCUT2D eigenvalue weighted by atomic mass is 9.95. The maximum Gasteiger partial charge on any atom is 0.204 e. The van der Waals surface area contributed by atoms with Crippen molar-refractivity contribution in [2.24, 2.45) is 11.3 Å².